The van der Waals surface area contributed by atoms with Gasteiger partial charge in [0.25, 0.3) is 5.91 Å². The third-order valence-electron chi connectivity index (χ3n) is 7.05. The molecule has 2 aliphatic rings. The summed E-state index contributed by atoms with van der Waals surface area (Å²) < 4.78 is 45.6. The van der Waals surface area contributed by atoms with Gasteiger partial charge in [-0.15, -0.1) is 0 Å². The Balaban J connectivity index is 1.45. The van der Waals surface area contributed by atoms with Crippen molar-refractivity contribution in [3.05, 3.63) is 89.4 Å². The molecule has 1 N–H and O–H groups in total. The van der Waals surface area contributed by atoms with Gasteiger partial charge in [-0.1, -0.05) is 30.3 Å². The van der Waals surface area contributed by atoms with Gasteiger partial charge in [-0.05, 0) is 54.8 Å². The zero-order chi connectivity index (χ0) is 25.4. The number of hydrogen-bond donors (Lipinski definition) is 1. The van der Waals surface area contributed by atoms with Crippen molar-refractivity contribution in [3.63, 3.8) is 0 Å². The Labute approximate surface area is 206 Å². The first kappa shape index (κ1) is 24.0. The van der Waals surface area contributed by atoms with E-state index in [-0.39, 0.29) is 42.6 Å². The van der Waals surface area contributed by atoms with E-state index in [1.54, 1.807) is 17.0 Å². The number of anilines is 1. The highest BCUT2D eigenvalue weighted by Crippen LogP contribution is 2.40. The second-order valence-corrected chi connectivity index (χ2v) is 9.28. The van der Waals surface area contributed by atoms with E-state index in [2.05, 4.69) is 5.32 Å². The summed E-state index contributed by atoms with van der Waals surface area (Å²) in [6, 6.07) is 15.7. The molecule has 2 aromatic carbocycles. The summed E-state index contributed by atoms with van der Waals surface area (Å²) in [4.78, 5) is 30.1. The fraction of sp³-hybridized carbons (Fsp3) is 0.333. The summed E-state index contributed by atoms with van der Waals surface area (Å²) >= 11 is 0. The van der Waals surface area contributed by atoms with E-state index in [9.17, 15) is 22.8 Å². The van der Waals surface area contributed by atoms with Crippen LogP contribution in [0.1, 0.15) is 40.2 Å². The monoisotopic (exact) mass is 497 g/mol. The lowest BCUT2D eigenvalue weighted by Gasteiger charge is -2.49. The zero-order valence-electron chi connectivity index (χ0n) is 19.7. The Morgan fingerprint density at radius 1 is 1.06 bits per heavy atom. The van der Waals surface area contributed by atoms with Gasteiger partial charge in [-0.2, -0.15) is 13.2 Å². The number of benzene rings is 2. The van der Waals surface area contributed by atoms with Crippen molar-refractivity contribution < 1.29 is 27.2 Å². The van der Waals surface area contributed by atoms with Crippen LogP contribution >= 0.6 is 0 Å². The predicted octanol–water partition coefficient (Wildman–Crippen LogP) is 4.68. The number of rotatable bonds is 4. The van der Waals surface area contributed by atoms with Crippen LogP contribution in [0.3, 0.4) is 0 Å². The van der Waals surface area contributed by atoms with Crippen molar-refractivity contribution in [1.82, 2.24) is 10.2 Å². The second-order valence-electron chi connectivity index (χ2n) is 9.28. The molecule has 3 unspecified atom stereocenters. The molecular formula is C27H26F3N3O3. The maximum atomic E-state index is 13.6. The lowest BCUT2D eigenvalue weighted by molar-refractivity contribution is -0.137. The molecule has 2 aliphatic heterocycles. The summed E-state index contributed by atoms with van der Waals surface area (Å²) in [5.41, 5.74) is 1.36. The zero-order valence-corrected chi connectivity index (χ0v) is 19.7. The maximum absolute atomic E-state index is 13.6. The van der Waals surface area contributed by atoms with Crippen LogP contribution in [0.4, 0.5) is 18.9 Å². The molecule has 3 heterocycles. The van der Waals surface area contributed by atoms with Crippen LogP contribution in [-0.2, 0) is 17.4 Å². The van der Waals surface area contributed by atoms with Gasteiger partial charge < -0.3 is 19.5 Å². The molecule has 6 nitrogen and oxygen atoms in total. The molecule has 0 radical (unpaired) electrons. The number of nitrogens with one attached hydrogen (secondary N) is 1. The molecule has 2 amide bonds. The lowest BCUT2D eigenvalue weighted by Crippen LogP contribution is -2.62. The van der Waals surface area contributed by atoms with Gasteiger partial charge in [-0.25, -0.2) is 0 Å². The van der Waals surface area contributed by atoms with Gasteiger partial charge in [0.15, 0.2) is 5.76 Å². The molecular weight excluding hydrogens is 471 g/mol. The Kier molecular flexibility index (Phi) is 6.24. The third kappa shape index (κ3) is 4.57. The van der Waals surface area contributed by atoms with Crippen LogP contribution in [0, 0.1) is 5.92 Å². The van der Waals surface area contributed by atoms with E-state index in [0.717, 1.165) is 17.7 Å². The molecule has 3 aromatic rings. The molecule has 1 saturated heterocycles. The summed E-state index contributed by atoms with van der Waals surface area (Å²) in [6.45, 7) is 2.90. The largest absolute Gasteiger partial charge is 0.459 e. The van der Waals surface area contributed by atoms with Gasteiger partial charge >= 0.3 is 6.18 Å². The van der Waals surface area contributed by atoms with E-state index in [1.807, 2.05) is 42.2 Å². The fourth-order valence-corrected chi connectivity index (χ4v) is 5.19. The van der Waals surface area contributed by atoms with Gasteiger partial charge in [-0.3, -0.25) is 9.59 Å². The van der Waals surface area contributed by atoms with Gasteiger partial charge in [0, 0.05) is 25.3 Å². The molecule has 188 valence electrons. The van der Waals surface area contributed by atoms with Crippen LogP contribution in [-0.4, -0.2) is 42.4 Å². The van der Waals surface area contributed by atoms with E-state index in [4.69, 9.17) is 4.42 Å². The Bertz CT molecular complexity index is 1240. The molecule has 9 heteroatoms. The minimum Gasteiger partial charge on any atom is -0.459 e. The number of carbonyl (C=O) groups excluding carboxylic acids is 2. The molecule has 0 spiro atoms. The number of piperazine rings is 1. The van der Waals surface area contributed by atoms with Crippen molar-refractivity contribution in [1.29, 1.82) is 0 Å². The summed E-state index contributed by atoms with van der Waals surface area (Å²) in [6.07, 6.45) is -2.89. The summed E-state index contributed by atoms with van der Waals surface area (Å²) in [5, 5.41) is 3.04. The smallest absolute Gasteiger partial charge is 0.416 e. The summed E-state index contributed by atoms with van der Waals surface area (Å²) in [5.74, 6) is -0.945. The number of alkyl halides is 3. The number of furan rings is 1. The van der Waals surface area contributed by atoms with E-state index >= 15 is 0 Å². The number of fused-ring (bicyclic) bond motifs is 3. The first-order valence-corrected chi connectivity index (χ1v) is 11.9. The molecule has 3 atom stereocenters. The van der Waals surface area contributed by atoms with Gasteiger partial charge in [0.2, 0.25) is 5.91 Å². The molecule has 1 aromatic heterocycles. The number of hydrogen-bond acceptors (Lipinski definition) is 4. The van der Waals surface area contributed by atoms with Crippen LogP contribution in [0.2, 0.25) is 0 Å². The Morgan fingerprint density at radius 2 is 1.83 bits per heavy atom. The average molecular weight is 498 g/mol. The number of nitrogens with zero attached hydrogens (tertiary/aromatic N) is 2. The highest BCUT2D eigenvalue weighted by atomic mass is 19.4. The van der Waals surface area contributed by atoms with Gasteiger partial charge in [0.05, 0.1) is 29.8 Å². The minimum atomic E-state index is -4.47. The molecule has 1 fully saturated rings. The topological polar surface area (TPSA) is 65.8 Å². The van der Waals surface area contributed by atoms with Crippen molar-refractivity contribution in [2.45, 2.75) is 31.6 Å². The summed E-state index contributed by atoms with van der Waals surface area (Å²) in [7, 11) is 0. The predicted molar refractivity (Wildman–Crippen MR) is 127 cm³/mol. The molecule has 0 saturated carbocycles. The maximum Gasteiger partial charge on any atom is 0.416 e. The molecule has 0 bridgehead atoms. The van der Waals surface area contributed by atoms with Gasteiger partial charge in [0.1, 0.15) is 0 Å². The Morgan fingerprint density at radius 3 is 2.53 bits per heavy atom. The standard InChI is InChI=1S/C27H26F3N3O3/c1-17(18-6-3-2-4-7-18)31-25(34)21-15-19-14-20(27(28,29)30)9-10-22(19)33-12-11-32(16-23(21)33)26(35)24-8-5-13-36-24/h2-10,13-14,17,21,23H,11-12,15-16H2,1H3,(H,31,34). The first-order chi connectivity index (χ1) is 17.2. The minimum absolute atomic E-state index is 0.149. The quantitative estimate of drug-likeness (QED) is 0.569. The Hall–Kier alpha value is -3.75. The van der Waals surface area contributed by atoms with E-state index in [1.165, 1.54) is 12.3 Å². The number of carbonyl (C=O) groups is 2. The van der Waals surface area contributed by atoms with E-state index in [0.29, 0.717) is 24.3 Å². The molecule has 36 heavy (non-hydrogen) atoms. The second kappa shape index (κ2) is 9.37. The number of halogens is 3. The lowest BCUT2D eigenvalue weighted by atomic mass is 9.82. The SMILES string of the molecule is CC(NC(=O)C1Cc2cc(C(F)(F)F)ccc2N2CCN(C(=O)c3ccco3)CC12)c1ccccc1. The highest BCUT2D eigenvalue weighted by molar-refractivity contribution is 5.92. The van der Waals surface area contributed by atoms with E-state index < -0.39 is 17.7 Å². The fourth-order valence-electron chi connectivity index (χ4n) is 5.19. The van der Waals surface area contributed by atoms with Crippen molar-refractivity contribution in [3.8, 4) is 0 Å². The van der Waals surface area contributed by atoms with Crippen LogP contribution in [0.25, 0.3) is 0 Å². The van der Waals surface area contributed by atoms with Crippen molar-refractivity contribution >= 4 is 17.5 Å². The van der Waals surface area contributed by atoms with Crippen LogP contribution in [0.5, 0.6) is 0 Å². The van der Waals surface area contributed by atoms with Crippen LogP contribution < -0.4 is 10.2 Å². The number of amides is 2. The average Bonchev–Trinajstić information content (AvgIpc) is 3.42. The first-order valence-electron chi connectivity index (χ1n) is 11.9. The van der Waals surface area contributed by atoms with Crippen molar-refractivity contribution in [2.24, 2.45) is 5.92 Å². The highest BCUT2D eigenvalue weighted by Gasteiger charge is 2.44. The molecule has 5 rings (SSSR count). The third-order valence-corrected chi connectivity index (χ3v) is 7.05. The molecule has 0 aliphatic carbocycles. The van der Waals surface area contributed by atoms with Crippen molar-refractivity contribution in [2.75, 3.05) is 24.5 Å². The normalized spacial score (nSPS) is 20.3. The van der Waals surface area contributed by atoms with Crippen LogP contribution in [0.15, 0.2) is 71.3 Å².